The van der Waals surface area contributed by atoms with Crippen LogP contribution in [-0.2, 0) is 16.1 Å². The molecule has 0 aliphatic carbocycles. The van der Waals surface area contributed by atoms with Gasteiger partial charge >= 0.3 is 6.09 Å². The van der Waals surface area contributed by atoms with Crippen LogP contribution in [0.1, 0.15) is 39.2 Å². The zero-order chi connectivity index (χ0) is 18.4. The average molecular weight is 347 g/mol. The molecule has 138 valence electrons. The van der Waals surface area contributed by atoms with E-state index in [1.807, 2.05) is 49.1 Å². The van der Waals surface area contributed by atoms with Crippen molar-refractivity contribution in [2.24, 2.45) is 5.73 Å². The Morgan fingerprint density at radius 3 is 2.56 bits per heavy atom. The van der Waals surface area contributed by atoms with E-state index in [1.54, 1.807) is 11.8 Å². The van der Waals surface area contributed by atoms with Crippen LogP contribution in [0.4, 0.5) is 4.79 Å². The van der Waals surface area contributed by atoms with Crippen LogP contribution in [0.3, 0.4) is 0 Å². The number of rotatable bonds is 6. The molecule has 2 unspecified atom stereocenters. The highest BCUT2D eigenvalue weighted by Gasteiger charge is 2.33. The van der Waals surface area contributed by atoms with Crippen molar-refractivity contribution < 1.29 is 14.3 Å². The maximum Gasteiger partial charge on any atom is 0.410 e. The van der Waals surface area contributed by atoms with E-state index in [0.717, 1.165) is 18.4 Å². The van der Waals surface area contributed by atoms with Crippen molar-refractivity contribution >= 4 is 12.0 Å². The Kier molecular flexibility index (Phi) is 6.82. The van der Waals surface area contributed by atoms with Gasteiger partial charge in [0.1, 0.15) is 6.61 Å². The number of likely N-dealkylation sites (tertiary alicyclic amines) is 1. The van der Waals surface area contributed by atoms with Crippen LogP contribution in [0.2, 0.25) is 0 Å². The standard InChI is InChI=1S/C19H29N3O3/c1-14(2)22(19(24)25-13-16-8-5-4-6-9-16)12-17-10-7-11-21(17)18(23)15(3)20/h4-6,8-9,14-15,17H,7,10-13,20H2,1-3H3. The Hall–Kier alpha value is -2.08. The minimum Gasteiger partial charge on any atom is -0.445 e. The highest BCUT2D eigenvalue weighted by molar-refractivity contribution is 5.81. The van der Waals surface area contributed by atoms with Crippen LogP contribution < -0.4 is 5.73 Å². The summed E-state index contributed by atoms with van der Waals surface area (Å²) in [6.45, 7) is 7.04. The van der Waals surface area contributed by atoms with E-state index < -0.39 is 6.04 Å². The summed E-state index contributed by atoms with van der Waals surface area (Å²) in [5.74, 6) is -0.0520. The number of ether oxygens (including phenoxy) is 1. The van der Waals surface area contributed by atoms with Gasteiger partial charge in [0.2, 0.25) is 5.91 Å². The maximum atomic E-state index is 12.5. The summed E-state index contributed by atoms with van der Waals surface area (Å²) in [6, 6.07) is 9.09. The second-order valence-corrected chi connectivity index (χ2v) is 6.90. The van der Waals surface area contributed by atoms with Gasteiger partial charge in [-0.3, -0.25) is 4.79 Å². The summed E-state index contributed by atoms with van der Waals surface area (Å²) in [5.41, 5.74) is 6.70. The summed E-state index contributed by atoms with van der Waals surface area (Å²) < 4.78 is 5.46. The number of carbonyl (C=O) groups is 2. The van der Waals surface area contributed by atoms with Gasteiger partial charge in [-0.05, 0) is 39.2 Å². The number of nitrogens with zero attached hydrogens (tertiary/aromatic N) is 2. The quantitative estimate of drug-likeness (QED) is 0.857. The van der Waals surface area contributed by atoms with E-state index in [-0.39, 0.29) is 30.7 Å². The molecule has 1 aromatic rings. The Morgan fingerprint density at radius 2 is 1.96 bits per heavy atom. The summed E-state index contributed by atoms with van der Waals surface area (Å²) in [7, 11) is 0. The Morgan fingerprint density at radius 1 is 1.28 bits per heavy atom. The average Bonchev–Trinajstić information content (AvgIpc) is 3.05. The largest absolute Gasteiger partial charge is 0.445 e. The molecule has 0 aromatic heterocycles. The maximum absolute atomic E-state index is 12.5. The van der Waals surface area contributed by atoms with Crippen LogP contribution in [0.5, 0.6) is 0 Å². The van der Waals surface area contributed by atoms with Crippen molar-refractivity contribution in [3.05, 3.63) is 35.9 Å². The fourth-order valence-corrected chi connectivity index (χ4v) is 3.10. The summed E-state index contributed by atoms with van der Waals surface area (Å²) >= 11 is 0. The molecule has 2 atom stereocenters. The molecule has 2 rings (SSSR count). The highest BCUT2D eigenvalue weighted by atomic mass is 16.6. The third kappa shape index (κ3) is 5.19. The molecular weight excluding hydrogens is 318 g/mol. The second-order valence-electron chi connectivity index (χ2n) is 6.90. The molecule has 25 heavy (non-hydrogen) atoms. The Labute approximate surface area is 149 Å². The molecular formula is C19H29N3O3. The zero-order valence-electron chi connectivity index (χ0n) is 15.4. The first-order valence-corrected chi connectivity index (χ1v) is 8.93. The number of nitrogens with two attached hydrogens (primary N) is 1. The number of hydrogen-bond acceptors (Lipinski definition) is 4. The second kappa shape index (κ2) is 8.85. The Bertz CT molecular complexity index is 575. The van der Waals surface area contributed by atoms with E-state index in [9.17, 15) is 9.59 Å². The zero-order valence-corrected chi connectivity index (χ0v) is 15.4. The molecule has 1 aromatic carbocycles. The predicted octanol–water partition coefficient (Wildman–Crippen LogP) is 2.37. The minimum absolute atomic E-state index is 0.00359. The van der Waals surface area contributed by atoms with Gasteiger partial charge in [0, 0.05) is 25.2 Å². The lowest BCUT2D eigenvalue weighted by Crippen LogP contribution is -2.51. The predicted molar refractivity (Wildman–Crippen MR) is 96.9 cm³/mol. The molecule has 2 N–H and O–H groups in total. The van der Waals surface area contributed by atoms with E-state index in [0.29, 0.717) is 13.1 Å². The van der Waals surface area contributed by atoms with Crippen LogP contribution in [0.25, 0.3) is 0 Å². The van der Waals surface area contributed by atoms with Gasteiger partial charge in [-0.1, -0.05) is 30.3 Å². The van der Waals surface area contributed by atoms with Crippen molar-refractivity contribution in [3.63, 3.8) is 0 Å². The molecule has 0 saturated carbocycles. The van der Waals surface area contributed by atoms with Gasteiger partial charge in [-0.25, -0.2) is 4.79 Å². The monoisotopic (exact) mass is 347 g/mol. The third-order valence-electron chi connectivity index (χ3n) is 4.52. The van der Waals surface area contributed by atoms with E-state index in [2.05, 4.69) is 0 Å². The lowest BCUT2D eigenvalue weighted by molar-refractivity contribution is -0.133. The molecule has 1 saturated heterocycles. The molecule has 1 fully saturated rings. The lowest BCUT2D eigenvalue weighted by Gasteiger charge is -2.33. The van der Waals surface area contributed by atoms with Crippen LogP contribution in [0, 0.1) is 0 Å². The van der Waals surface area contributed by atoms with Gasteiger partial charge in [-0.2, -0.15) is 0 Å². The molecule has 1 heterocycles. The van der Waals surface area contributed by atoms with Crippen molar-refractivity contribution in [2.75, 3.05) is 13.1 Å². The van der Waals surface area contributed by atoms with Gasteiger partial charge in [0.05, 0.1) is 6.04 Å². The molecule has 0 radical (unpaired) electrons. The number of amides is 2. The van der Waals surface area contributed by atoms with Gasteiger partial charge < -0.3 is 20.3 Å². The molecule has 0 bridgehead atoms. The fourth-order valence-electron chi connectivity index (χ4n) is 3.10. The minimum atomic E-state index is -0.516. The van der Waals surface area contributed by atoms with Crippen molar-refractivity contribution in [1.29, 1.82) is 0 Å². The highest BCUT2D eigenvalue weighted by Crippen LogP contribution is 2.20. The van der Waals surface area contributed by atoms with E-state index >= 15 is 0 Å². The number of benzene rings is 1. The third-order valence-corrected chi connectivity index (χ3v) is 4.52. The van der Waals surface area contributed by atoms with Crippen molar-refractivity contribution in [1.82, 2.24) is 9.80 Å². The summed E-state index contributed by atoms with van der Waals surface area (Å²) in [6.07, 6.45) is 1.47. The normalized spacial score (nSPS) is 18.3. The first-order valence-electron chi connectivity index (χ1n) is 8.93. The molecule has 6 nitrogen and oxygen atoms in total. The van der Waals surface area contributed by atoms with Gasteiger partial charge in [0.15, 0.2) is 0 Å². The first-order chi connectivity index (χ1) is 11.9. The van der Waals surface area contributed by atoms with Crippen LogP contribution in [-0.4, -0.2) is 53.0 Å². The van der Waals surface area contributed by atoms with Crippen LogP contribution in [0.15, 0.2) is 30.3 Å². The van der Waals surface area contributed by atoms with Crippen molar-refractivity contribution in [3.8, 4) is 0 Å². The van der Waals surface area contributed by atoms with E-state index in [1.165, 1.54) is 0 Å². The molecule has 1 aliphatic heterocycles. The summed E-state index contributed by atoms with van der Waals surface area (Å²) in [5, 5.41) is 0. The molecule has 6 heteroatoms. The van der Waals surface area contributed by atoms with Gasteiger partial charge in [0.25, 0.3) is 0 Å². The smallest absolute Gasteiger partial charge is 0.410 e. The SMILES string of the molecule is CC(N)C(=O)N1CCCC1CN(C(=O)OCc1ccccc1)C(C)C. The molecule has 1 aliphatic rings. The fraction of sp³-hybridized carbons (Fsp3) is 0.579. The van der Waals surface area contributed by atoms with Crippen LogP contribution >= 0.6 is 0 Å². The Balaban J connectivity index is 1.97. The number of carbonyl (C=O) groups excluding carboxylic acids is 2. The van der Waals surface area contributed by atoms with E-state index in [4.69, 9.17) is 10.5 Å². The first kappa shape index (κ1) is 19.2. The lowest BCUT2D eigenvalue weighted by atomic mass is 10.1. The molecule has 2 amide bonds. The molecule has 0 spiro atoms. The topological polar surface area (TPSA) is 75.9 Å². The van der Waals surface area contributed by atoms with Gasteiger partial charge in [-0.15, -0.1) is 0 Å². The summed E-state index contributed by atoms with van der Waals surface area (Å²) in [4.78, 5) is 28.3. The number of hydrogen-bond donors (Lipinski definition) is 1. The van der Waals surface area contributed by atoms with Crippen molar-refractivity contribution in [2.45, 2.75) is 58.3 Å².